The third kappa shape index (κ3) is 6.46. The van der Waals surface area contributed by atoms with Crippen LogP contribution >= 0.6 is 0 Å². The Hall–Kier alpha value is -4.92. The molecule has 0 aliphatic rings. The van der Waals surface area contributed by atoms with E-state index in [1.165, 1.54) is 26.0 Å². The number of pyridine rings is 1. The molecule has 0 fully saturated rings. The minimum Gasteiger partial charge on any atom is -0.378 e. The number of halogens is 2. The second-order valence-electron chi connectivity index (χ2n) is 10.3. The molecular weight excluding hydrogens is 524 g/mol. The van der Waals surface area contributed by atoms with E-state index < -0.39 is 17.5 Å². The van der Waals surface area contributed by atoms with E-state index in [-0.39, 0.29) is 18.3 Å². The molecule has 0 aliphatic heterocycles. The number of aromatic nitrogens is 3. The van der Waals surface area contributed by atoms with Crippen molar-refractivity contribution in [1.29, 1.82) is 0 Å². The summed E-state index contributed by atoms with van der Waals surface area (Å²) in [7, 11) is 0. The van der Waals surface area contributed by atoms with Crippen LogP contribution in [-0.4, -0.2) is 38.9 Å². The number of aromatic amines is 1. The molecule has 2 aromatic heterocycles. The molecule has 0 saturated heterocycles. The van der Waals surface area contributed by atoms with Crippen molar-refractivity contribution in [2.24, 2.45) is 0 Å². The smallest absolute Gasteiger partial charge is 0.251 e. The SMILES string of the molecule is C[C@@H](NC(=O)c1cc(NCC(=O)C(C)(C)F)cc(-c2c[nH]c(-c3cc4ccccc4cn3)n2)c1)c1ccc(F)cc1. The van der Waals surface area contributed by atoms with Gasteiger partial charge >= 0.3 is 0 Å². The normalized spacial score (nSPS) is 12.2. The van der Waals surface area contributed by atoms with Crippen molar-refractivity contribution >= 4 is 28.2 Å². The van der Waals surface area contributed by atoms with E-state index in [0.717, 1.165) is 16.3 Å². The number of hydrogen-bond acceptors (Lipinski definition) is 5. The summed E-state index contributed by atoms with van der Waals surface area (Å²) in [6.45, 7) is 3.95. The van der Waals surface area contributed by atoms with E-state index in [1.54, 1.807) is 49.6 Å². The first-order valence-corrected chi connectivity index (χ1v) is 13.2. The number of amides is 1. The molecule has 3 N–H and O–H groups in total. The number of hydrogen-bond donors (Lipinski definition) is 3. The molecule has 208 valence electrons. The fraction of sp³-hybridized carbons (Fsp3) is 0.188. The highest BCUT2D eigenvalue weighted by atomic mass is 19.1. The van der Waals surface area contributed by atoms with Gasteiger partial charge in [-0.2, -0.15) is 0 Å². The van der Waals surface area contributed by atoms with Crippen molar-refractivity contribution in [1.82, 2.24) is 20.3 Å². The molecule has 1 atom stereocenters. The second-order valence-corrected chi connectivity index (χ2v) is 10.3. The quantitative estimate of drug-likeness (QED) is 0.190. The molecule has 1 amide bonds. The molecular formula is C32H29F2N5O2. The summed E-state index contributed by atoms with van der Waals surface area (Å²) in [6.07, 6.45) is 3.50. The van der Waals surface area contributed by atoms with Crippen LogP contribution in [0.5, 0.6) is 0 Å². The summed E-state index contributed by atoms with van der Waals surface area (Å²) >= 11 is 0. The number of anilines is 1. The van der Waals surface area contributed by atoms with Crippen LogP contribution in [0.3, 0.4) is 0 Å². The fourth-order valence-electron chi connectivity index (χ4n) is 4.33. The topological polar surface area (TPSA) is 99.8 Å². The molecule has 0 unspecified atom stereocenters. The van der Waals surface area contributed by atoms with E-state index >= 15 is 0 Å². The van der Waals surface area contributed by atoms with Gasteiger partial charge in [0.1, 0.15) is 11.5 Å². The number of rotatable bonds is 9. The average Bonchev–Trinajstić information content (AvgIpc) is 3.46. The van der Waals surface area contributed by atoms with Crippen LogP contribution in [0, 0.1) is 5.82 Å². The molecule has 0 aliphatic carbocycles. The Morgan fingerprint density at radius 2 is 1.71 bits per heavy atom. The summed E-state index contributed by atoms with van der Waals surface area (Å²) < 4.78 is 27.5. The van der Waals surface area contributed by atoms with Crippen molar-refractivity contribution in [2.75, 3.05) is 11.9 Å². The van der Waals surface area contributed by atoms with Crippen molar-refractivity contribution in [3.8, 4) is 22.8 Å². The molecule has 2 heterocycles. The van der Waals surface area contributed by atoms with Gasteiger partial charge in [0, 0.05) is 34.6 Å². The van der Waals surface area contributed by atoms with Gasteiger partial charge in [-0.25, -0.2) is 13.8 Å². The highest BCUT2D eigenvalue weighted by Crippen LogP contribution is 2.27. The van der Waals surface area contributed by atoms with Crippen LogP contribution in [0.4, 0.5) is 14.5 Å². The second kappa shape index (κ2) is 11.3. The van der Waals surface area contributed by atoms with Crippen LogP contribution < -0.4 is 10.6 Å². The minimum atomic E-state index is -2.00. The predicted molar refractivity (Wildman–Crippen MR) is 156 cm³/mol. The summed E-state index contributed by atoms with van der Waals surface area (Å²) in [5.74, 6) is -0.813. The molecule has 9 heteroatoms. The van der Waals surface area contributed by atoms with Gasteiger partial charge in [0.2, 0.25) is 0 Å². The van der Waals surface area contributed by atoms with Gasteiger partial charge in [0.15, 0.2) is 17.3 Å². The Kier molecular flexibility index (Phi) is 7.61. The largest absolute Gasteiger partial charge is 0.378 e. The number of Topliss-reactive ketones (excluding diaryl/α,β-unsaturated/α-hetero) is 1. The van der Waals surface area contributed by atoms with Crippen molar-refractivity contribution in [3.05, 3.63) is 102 Å². The maximum absolute atomic E-state index is 14.1. The molecule has 7 nitrogen and oxygen atoms in total. The molecule has 41 heavy (non-hydrogen) atoms. The Bertz CT molecular complexity index is 1720. The van der Waals surface area contributed by atoms with Crippen molar-refractivity contribution < 1.29 is 18.4 Å². The lowest BCUT2D eigenvalue weighted by Crippen LogP contribution is -2.32. The standard InChI is InChI=1S/C32H29F2N5O2/c1-19(20-8-10-25(33)11-9-20)38-31(41)24-12-23(13-26(14-24)35-18-29(40)32(2,3)34)28-17-37-30(39-28)27-15-21-6-4-5-7-22(21)16-36-27/h4-17,19,35H,18H2,1-3H3,(H,37,39)(H,38,41)/t19-/m1/s1. The van der Waals surface area contributed by atoms with Crippen LogP contribution in [-0.2, 0) is 4.79 Å². The van der Waals surface area contributed by atoms with Gasteiger partial charge in [-0.15, -0.1) is 0 Å². The number of ketones is 1. The summed E-state index contributed by atoms with van der Waals surface area (Å²) in [6, 6.07) is 20.3. The lowest BCUT2D eigenvalue weighted by molar-refractivity contribution is -0.126. The van der Waals surface area contributed by atoms with Crippen molar-refractivity contribution in [2.45, 2.75) is 32.5 Å². The van der Waals surface area contributed by atoms with E-state index in [0.29, 0.717) is 34.0 Å². The first-order chi connectivity index (χ1) is 19.6. The van der Waals surface area contributed by atoms with Crippen LogP contribution in [0.25, 0.3) is 33.5 Å². The van der Waals surface area contributed by atoms with Gasteiger partial charge in [0.05, 0.1) is 18.3 Å². The summed E-state index contributed by atoms with van der Waals surface area (Å²) in [5.41, 5.74) is 1.31. The Morgan fingerprint density at radius 1 is 0.976 bits per heavy atom. The fourth-order valence-corrected chi connectivity index (χ4v) is 4.33. The molecule has 5 aromatic rings. The maximum atomic E-state index is 14.1. The number of benzene rings is 3. The third-order valence-corrected chi connectivity index (χ3v) is 6.78. The molecule has 0 spiro atoms. The van der Waals surface area contributed by atoms with E-state index in [1.807, 2.05) is 30.3 Å². The average molecular weight is 554 g/mol. The minimum absolute atomic E-state index is 0.257. The zero-order chi connectivity index (χ0) is 29.1. The lowest BCUT2D eigenvalue weighted by Gasteiger charge is -2.17. The summed E-state index contributed by atoms with van der Waals surface area (Å²) in [5, 5.41) is 7.90. The predicted octanol–water partition coefficient (Wildman–Crippen LogP) is 6.65. The van der Waals surface area contributed by atoms with E-state index in [9.17, 15) is 18.4 Å². The highest BCUT2D eigenvalue weighted by Gasteiger charge is 2.26. The molecule has 0 saturated carbocycles. The monoisotopic (exact) mass is 553 g/mol. The maximum Gasteiger partial charge on any atom is 0.251 e. The number of nitrogens with one attached hydrogen (secondary N) is 3. The Morgan fingerprint density at radius 3 is 2.44 bits per heavy atom. The Labute approximate surface area is 236 Å². The summed E-state index contributed by atoms with van der Waals surface area (Å²) in [4.78, 5) is 37.9. The highest BCUT2D eigenvalue weighted by molar-refractivity contribution is 5.97. The van der Waals surface area contributed by atoms with Gasteiger partial charge in [-0.05, 0) is 68.1 Å². The lowest BCUT2D eigenvalue weighted by atomic mass is 10.0. The zero-order valence-electron chi connectivity index (χ0n) is 22.8. The number of alkyl halides is 1. The van der Waals surface area contributed by atoms with Crippen LogP contribution in [0.15, 0.2) is 85.2 Å². The Balaban J connectivity index is 1.45. The number of carbonyl (C=O) groups is 2. The molecule has 0 bridgehead atoms. The van der Waals surface area contributed by atoms with Gasteiger partial charge in [-0.3, -0.25) is 14.6 Å². The van der Waals surface area contributed by atoms with Gasteiger partial charge in [-0.1, -0.05) is 36.4 Å². The molecule has 0 radical (unpaired) electrons. The van der Waals surface area contributed by atoms with E-state index in [2.05, 4.69) is 20.6 Å². The number of carbonyl (C=O) groups excluding carboxylic acids is 2. The van der Waals surface area contributed by atoms with Crippen molar-refractivity contribution in [3.63, 3.8) is 0 Å². The molecule has 3 aromatic carbocycles. The number of H-pyrrole nitrogens is 1. The number of nitrogens with zero attached hydrogens (tertiary/aromatic N) is 2. The number of fused-ring (bicyclic) bond motifs is 1. The zero-order valence-corrected chi connectivity index (χ0v) is 22.8. The molecule has 5 rings (SSSR count). The van der Waals surface area contributed by atoms with E-state index in [4.69, 9.17) is 4.98 Å². The van der Waals surface area contributed by atoms with Gasteiger partial charge < -0.3 is 15.6 Å². The number of imidazole rings is 1. The van der Waals surface area contributed by atoms with Crippen LogP contribution in [0.1, 0.15) is 42.7 Å². The first kappa shape index (κ1) is 27.6. The van der Waals surface area contributed by atoms with Crippen LogP contribution in [0.2, 0.25) is 0 Å². The first-order valence-electron chi connectivity index (χ1n) is 13.2. The third-order valence-electron chi connectivity index (χ3n) is 6.78. The van der Waals surface area contributed by atoms with Gasteiger partial charge in [0.25, 0.3) is 5.91 Å².